The van der Waals surface area contributed by atoms with Crippen LogP contribution in [0.1, 0.15) is 27.5 Å². The van der Waals surface area contributed by atoms with E-state index in [-0.39, 0.29) is 16.7 Å². The molecule has 0 spiro atoms. The molecule has 3 rings (SSSR count). The summed E-state index contributed by atoms with van der Waals surface area (Å²) in [4.78, 5) is 28.0. The van der Waals surface area contributed by atoms with E-state index in [4.69, 9.17) is 4.42 Å². The van der Waals surface area contributed by atoms with Gasteiger partial charge in [-0.1, -0.05) is 0 Å². The van der Waals surface area contributed by atoms with E-state index in [1.807, 2.05) is 0 Å². The summed E-state index contributed by atoms with van der Waals surface area (Å²) in [5.74, 6) is -1.91. The SMILES string of the molecule is Cn1nc(C(F)F)c2cc(C(=O)NC(Cc3cocn3)C(=O)O)sc21. The molecular formula is C14H12F2N4O4S. The number of aliphatic carboxylic acids is 1. The summed E-state index contributed by atoms with van der Waals surface area (Å²) in [5.41, 5.74) is -0.0431. The van der Waals surface area contributed by atoms with Gasteiger partial charge in [0.1, 0.15) is 22.8 Å². The highest BCUT2D eigenvalue weighted by molar-refractivity contribution is 7.20. The van der Waals surface area contributed by atoms with Crippen molar-refractivity contribution in [3.05, 3.63) is 35.0 Å². The Hall–Kier alpha value is -2.82. The molecule has 0 bridgehead atoms. The highest BCUT2D eigenvalue weighted by Gasteiger charge is 2.25. The van der Waals surface area contributed by atoms with E-state index in [0.29, 0.717) is 10.5 Å². The number of fused-ring (bicyclic) bond motifs is 1. The quantitative estimate of drug-likeness (QED) is 0.687. The lowest BCUT2D eigenvalue weighted by Gasteiger charge is -2.12. The standard InChI is InChI=1S/C14H12F2N4O4S/c1-20-13-7(10(19-20)11(15)16)3-9(25-13)12(21)18-8(14(22)23)2-6-4-24-5-17-6/h3-5,8,11H,2H2,1H3,(H,18,21)(H,22,23). The van der Waals surface area contributed by atoms with Gasteiger partial charge in [-0.2, -0.15) is 5.10 Å². The maximum atomic E-state index is 13.0. The second kappa shape index (κ2) is 6.59. The number of rotatable bonds is 6. The highest BCUT2D eigenvalue weighted by atomic mass is 32.1. The summed E-state index contributed by atoms with van der Waals surface area (Å²) in [6, 6.07) is 0.0641. The van der Waals surface area contributed by atoms with Crippen molar-refractivity contribution < 1.29 is 27.9 Å². The summed E-state index contributed by atoms with van der Waals surface area (Å²) >= 11 is 0.960. The molecular weight excluding hydrogens is 358 g/mol. The third kappa shape index (κ3) is 3.36. The topological polar surface area (TPSA) is 110 Å². The molecule has 8 nitrogen and oxygen atoms in total. The van der Waals surface area contributed by atoms with Crippen LogP contribution in [0.25, 0.3) is 10.2 Å². The first-order valence-electron chi connectivity index (χ1n) is 7.02. The van der Waals surface area contributed by atoms with E-state index in [2.05, 4.69) is 15.4 Å². The number of hydrogen-bond acceptors (Lipinski definition) is 6. The number of thiophene rings is 1. The third-order valence-electron chi connectivity index (χ3n) is 3.47. The van der Waals surface area contributed by atoms with Crippen LogP contribution in [0.3, 0.4) is 0 Å². The zero-order valence-electron chi connectivity index (χ0n) is 12.8. The molecule has 11 heteroatoms. The van der Waals surface area contributed by atoms with E-state index in [0.717, 1.165) is 17.7 Å². The van der Waals surface area contributed by atoms with Gasteiger partial charge in [-0.3, -0.25) is 9.48 Å². The monoisotopic (exact) mass is 370 g/mol. The fourth-order valence-electron chi connectivity index (χ4n) is 2.32. The minimum absolute atomic E-state index is 0.0632. The molecule has 1 atom stereocenters. The van der Waals surface area contributed by atoms with Crippen LogP contribution >= 0.6 is 11.3 Å². The lowest BCUT2D eigenvalue weighted by molar-refractivity contribution is -0.139. The molecule has 0 aliphatic heterocycles. The number of nitrogens with one attached hydrogen (secondary N) is 1. The largest absolute Gasteiger partial charge is 0.480 e. The molecule has 0 aliphatic rings. The number of aryl methyl sites for hydroxylation is 1. The van der Waals surface area contributed by atoms with Crippen molar-refractivity contribution >= 4 is 33.4 Å². The lowest BCUT2D eigenvalue weighted by Crippen LogP contribution is -2.42. The van der Waals surface area contributed by atoms with Crippen LogP contribution in [0.4, 0.5) is 8.78 Å². The summed E-state index contributed by atoms with van der Waals surface area (Å²) in [5, 5.41) is 15.5. The number of nitrogens with zero attached hydrogens (tertiary/aromatic N) is 3. The van der Waals surface area contributed by atoms with Crippen molar-refractivity contribution in [1.82, 2.24) is 20.1 Å². The summed E-state index contributed by atoms with van der Waals surface area (Å²) in [6.07, 6.45) is -0.400. The molecule has 25 heavy (non-hydrogen) atoms. The molecule has 0 aliphatic carbocycles. The van der Waals surface area contributed by atoms with Crippen LogP contribution in [0.15, 0.2) is 23.1 Å². The van der Waals surface area contributed by atoms with E-state index in [9.17, 15) is 23.5 Å². The summed E-state index contributed by atoms with van der Waals surface area (Å²) in [7, 11) is 1.50. The molecule has 0 saturated heterocycles. The fourth-order valence-corrected chi connectivity index (χ4v) is 3.30. The third-order valence-corrected chi connectivity index (χ3v) is 4.67. The Labute approximate surface area is 143 Å². The summed E-state index contributed by atoms with van der Waals surface area (Å²) in [6.45, 7) is 0. The van der Waals surface area contributed by atoms with Gasteiger partial charge in [-0.05, 0) is 6.07 Å². The van der Waals surface area contributed by atoms with E-state index in [1.165, 1.54) is 24.1 Å². The first-order valence-corrected chi connectivity index (χ1v) is 7.83. The van der Waals surface area contributed by atoms with Gasteiger partial charge < -0.3 is 14.8 Å². The van der Waals surface area contributed by atoms with Crippen molar-refractivity contribution in [2.75, 3.05) is 0 Å². The Morgan fingerprint density at radius 2 is 2.24 bits per heavy atom. The Morgan fingerprint density at radius 1 is 1.48 bits per heavy atom. The zero-order valence-corrected chi connectivity index (χ0v) is 13.6. The predicted molar refractivity (Wildman–Crippen MR) is 82.6 cm³/mol. The number of carbonyl (C=O) groups excluding carboxylic acids is 1. The Kier molecular flexibility index (Phi) is 4.49. The molecule has 3 aromatic rings. The van der Waals surface area contributed by atoms with E-state index < -0.39 is 30.0 Å². The molecule has 0 aromatic carbocycles. The zero-order chi connectivity index (χ0) is 18.1. The van der Waals surface area contributed by atoms with Crippen molar-refractivity contribution in [3.8, 4) is 0 Å². The number of oxazole rings is 1. The second-order valence-electron chi connectivity index (χ2n) is 5.19. The molecule has 0 radical (unpaired) electrons. The maximum absolute atomic E-state index is 13.0. The smallest absolute Gasteiger partial charge is 0.326 e. The minimum Gasteiger partial charge on any atom is -0.480 e. The number of amides is 1. The number of halogens is 2. The van der Waals surface area contributed by atoms with Crippen LogP contribution in [-0.4, -0.2) is 37.8 Å². The number of carboxylic acids is 1. The van der Waals surface area contributed by atoms with Gasteiger partial charge in [-0.25, -0.2) is 18.6 Å². The second-order valence-corrected chi connectivity index (χ2v) is 6.22. The van der Waals surface area contributed by atoms with Gasteiger partial charge in [0, 0.05) is 18.9 Å². The number of hydrogen-bond donors (Lipinski definition) is 2. The van der Waals surface area contributed by atoms with Crippen molar-refractivity contribution in [2.45, 2.75) is 18.9 Å². The van der Waals surface area contributed by atoms with Gasteiger partial charge in [0.25, 0.3) is 12.3 Å². The number of carbonyl (C=O) groups is 2. The Bertz CT molecular complexity index is 919. The first kappa shape index (κ1) is 17.0. The van der Waals surface area contributed by atoms with E-state index >= 15 is 0 Å². The molecule has 132 valence electrons. The molecule has 1 unspecified atom stereocenters. The van der Waals surface area contributed by atoms with Crippen molar-refractivity contribution in [1.29, 1.82) is 0 Å². The van der Waals surface area contributed by atoms with Crippen LogP contribution in [0.5, 0.6) is 0 Å². The molecule has 0 fully saturated rings. The van der Waals surface area contributed by atoms with Crippen LogP contribution in [-0.2, 0) is 18.3 Å². The van der Waals surface area contributed by atoms with E-state index in [1.54, 1.807) is 0 Å². The highest BCUT2D eigenvalue weighted by Crippen LogP contribution is 2.32. The molecule has 3 aromatic heterocycles. The minimum atomic E-state index is -2.77. The lowest BCUT2D eigenvalue weighted by atomic mass is 10.1. The average molecular weight is 370 g/mol. The van der Waals surface area contributed by atoms with Gasteiger partial charge in [0.2, 0.25) is 0 Å². The van der Waals surface area contributed by atoms with Gasteiger partial charge in [0.15, 0.2) is 6.39 Å². The number of carboxylic acid groups (broad SMARTS) is 1. The fraction of sp³-hybridized carbons (Fsp3) is 0.286. The van der Waals surface area contributed by atoms with Crippen molar-refractivity contribution in [3.63, 3.8) is 0 Å². The van der Waals surface area contributed by atoms with Crippen LogP contribution in [0, 0.1) is 0 Å². The first-order chi connectivity index (χ1) is 11.9. The van der Waals surface area contributed by atoms with Crippen LogP contribution in [0.2, 0.25) is 0 Å². The number of alkyl halides is 2. The average Bonchev–Trinajstić information content (AvgIpc) is 3.24. The normalized spacial score (nSPS) is 12.6. The Balaban J connectivity index is 1.83. The molecule has 2 N–H and O–H groups in total. The van der Waals surface area contributed by atoms with Gasteiger partial charge >= 0.3 is 5.97 Å². The molecule has 0 saturated carbocycles. The Morgan fingerprint density at radius 3 is 2.84 bits per heavy atom. The molecule has 1 amide bonds. The van der Waals surface area contributed by atoms with Crippen molar-refractivity contribution in [2.24, 2.45) is 7.05 Å². The van der Waals surface area contributed by atoms with Crippen LogP contribution < -0.4 is 5.32 Å². The predicted octanol–water partition coefficient (Wildman–Crippen LogP) is 1.99. The molecule has 3 heterocycles. The number of aromatic nitrogens is 3. The summed E-state index contributed by atoms with van der Waals surface area (Å²) < 4.78 is 32.0. The maximum Gasteiger partial charge on any atom is 0.326 e. The van der Waals surface area contributed by atoms with Gasteiger partial charge in [0.05, 0.1) is 10.6 Å². The van der Waals surface area contributed by atoms with Gasteiger partial charge in [-0.15, -0.1) is 11.3 Å².